The molecule has 0 spiro atoms. The van der Waals surface area contributed by atoms with Gasteiger partial charge in [0.05, 0.1) is 0 Å². The Hall–Kier alpha value is -0.770. The molecule has 2 N–H and O–H groups in total. The summed E-state index contributed by atoms with van der Waals surface area (Å²) in [6.07, 6.45) is 6.48. The van der Waals surface area contributed by atoms with Gasteiger partial charge in [-0.05, 0) is 6.08 Å². The minimum absolute atomic E-state index is 0. The predicted molar refractivity (Wildman–Crippen MR) is 39.9 cm³/mol. The third-order valence-corrected chi connectivity index (χ3v) is 0.734. The van der Waals surface area contributed by atoms with Crippen molar-refractivity contribution in [3.05, 3.63) is 24.4 Å². The normalized spacial score (nSPS) is 14.9. The van der Waals surface area contributed by atoms with Gasteiger partial charge in [-0.25, -0.2) is 0 Å². The minimum atomic E-state index is -0.130. The number of carbonyl (C=O) groups is 1. The SMILES string of the molecule is Br.O=C1C=CC=CNN1. The summed E-state index contributed by atoms with van der Waals surface area (Å²) >= 11 is 0. The zero-order chi connectivity index (χ0) is 5.82. The lowest BCUT2D eigenvalue weighted by Crippen LogP contribution is -2.30. The van der Waals surface area contributed by atoms with Crippen LogP contribution in [-0.4, -0.2) is 5.91 Å². The number of carbonyl (C=O) groups excluding carboxylic acids is 1. The molecule has 0 unspecified atom stereocenters. The Morgan fingerprint density at radius 3 is 2.89 bits per heavy atom. The molecule has 9 heavy (non-hydrogen) atoms. The van der Waals surface area contributed by atoms with Gasteiger partial charge in [0.1, 0.15) is 0 Å². The molecule has 1 heterocycles. The van der Waals surface area contributed by atoms with Crippen LogP contribution in [0.1, 0.15) is 0 Å². The Morgan fingerprint density at radius 1 is 1.33 bits per heavy atom. The maximum atomic E-state index is 10.4. The molecule has 0 saturated heterocycles. The van der Waals surface area contributed by atoms with E-state index >= 15 is 0 Å². The number of hydrazine groups is 1. The van der Waals surface area contributed by atoms with Crippen molar-refractivity contribution in [1.29, 1.82) is 0 Å². The minimum Gasteiger partial charge on any atom is -0.306 e. The summed E-state index contributed by atoms with van der Waals surface area (Å²) in [5, 5.41) is 0. The second-order valence-electron chi connectivity index (χ2n) is 1.35. The maximum Gasteiger partial charge on any atom is 0.262 e. The Bertz CT molecular complexity index is 153. The van der Waals surface area contributed by atoms with Gasteiger partial charge in [-0.1, -0.05) is 6.08 Å². The van der Waals surface area contributed by atoms with Gasteiger partial charge in [0.2, 0.25) is 0 Å². The molecule has 0 aromatic heterocycles. The first kappa shape index (κ1) is 8.23. The van der Waals surface area contributed by atoms with Crippen molar-refractivity contribution in [2.75, 3.05) is 0 Å². The van der Waals surface area contributed by atoms with Crippen molar-refractivity contribution in [1.82, 2.24) is 10.9 Å². The van der Waals surface area contributed by atoms with Crippen LogP contribution in [-0.2, 0) is 4.79 Å². The first-order chi connectivity index (χ1) is 3.89. The Labute approximate surface area is 63.6 Å². The summed E-state index contributed by atoms with van der Waals surface area (Å²) in [6.45, 7) is 0. The van der Waals surface area contributed by atoms with Gasteiger partial charge in [-0.3, -0.25) is 10.2 Å². The van der Waals surface area contributed by atoms with Crippen LogP contribution in [0.4, 0.5) is 0 Å². The van der Waals surface area contributed by atoms with E-state index in [4.69, 9.17) is 0 Å². The topological polar surface area (TPSA) is 41.1 Å². The molecule has 1 aliphatic heterocycles. The third kappa shape index (κ3) is 2.92. The first-order valence-corrected chi connectivity index (χ1v) is 2.28. The molecule has 1 aliphatic rings. The van der Waals surface area contributed by atoms with Crippen molar-refractivity contribution in [3.63, 3.8) is 0 Å². The first-order valence-electron chi connectivity index (χ1n) is 2.28. The van der Waals surface area contributed by atoms with E-state index < -0.39 is 0 Å². The number of hydrogen-bond acceptors (Lipinski definition) is 2. The molecular formula is C5H7BrN2O. The summed E-state index contributed by atoms with van der Waals surface area (Å²) in [6, 6.07) is 0. The Kier molecular flexibility index (Phi) is 3.79. The van der Waals surface area contributed by atoms with Gasteiger partial charge in [-0.15, -0.1) is 17.0 Å². The van der Waals surface area contributed by atoms with E-state index in [2.05, 4.69) is 10.9 Å². The number of hydrogen-bond donors (Lipinski definition) is 2. The molecule has 1 amide bonds. The zero-order valence-corrected chi connectivity index (χ0v) is 6.34. The van der Waals surface area contributed by atoms with Crippen LogP contribution >= 0.6 is 17.0 Å². The van der Waals surface area contributed by atoms with Crippen LogP contribution in [0.25, 0.3) is 0 Å². The van der Waals surface area contributed by atoms with Crippen molar-refractivity contribution < 1.29 is 4.79 Å². The summed E-state index contributed by atoms with van der Waals surface area (Å²) in [7, 11) is 0. The molecule has 0 aromatic carbocycles. The highest BCUT2D eigenvalue weighted by Gasteiger charge is 1.90. The molecule has 0 aromatic rings. The number of allylic oxidation sites excluding steroid dienone is 2. The number of nitrogens with one attached hydrogen (secondary N) is 2. The molecule has 0 fully saturated rings. The van der Waals surface area contributed by atoms with E-state index in [1.807, 2.05) is 0 Å². The van der Waals surface area contributed by atoms with E-state index in [0.717, 1.165) is 0 Å². The van der Waals surface area contributed by atoms with Crippen molar-refractivity contribution >= 4 is 22.9 Å². The number of halogens is 1. The summed E-state index contributed by atoms with van der Waals surface area (Å²) in [4.78, 5) is 10.4. The lowest BCUT2D eigenvalue weighted by Gasteiger charge is -1.94. The molecule has 3 nitrogen and oxygen atoms in total. The quantitative estimate of drug-likeness (QED) is 0.576. The van der Waals surface area contributed by atoms with Crippen LogP contribution in [0.3, 0.4) is 0 Å². The molecule has 0 aliphatic carbocycles. The standard InChI is InChI=1S/C5H6N2O.BrH/c8-5-3-1-2-4-6-7-5;/h1-4,6H,(H,7,8);1H. The second-order valence-corrected chi connectivity index (χ2v) is 1.35. The largest absolute Gasteiger partial charge is 0.306 e. The molecule has 4 heteroatoms. The smallest absolute Gasteiger partial charge is 0.262 e. The molecule has 1 rings (SSSR count). The van der Waals surface area contributed by atoms with E-state index in [-0.39, 0.29) is 22.9 Å². The van der Waals surface area contributed by atoms with Crippen LogP contribution in [0.2, 0.25) is 0 Å². The van der Waals surface area contributed by atoms with Crippen LogP contribution < -0.4 is 10.9 Å². The Balaban J connectivity index is 0.000000640. The highest BCUT2D eigenvalue weighted by molar-refractivity contribution is 8.93. The maximum absolute atomic E-state index is 10.4. The number of amides is 1. The molecular weight excluding hydrogens is 184 g/mol. The van der Waals surface area contributed by atoms with E-state index in [1.54, 1.807) is 18.4 Å². The average molecular weight is 191 g/mol. The predicted octanol–water partition coefficient (Wildman–Crippen LogP) is 0.269. The van der Waals surface area contributed by atoms with Crippen LogP contribution in [0, 0.1) is 0 Å². The molecule has 0 saturated carbocycles. The second kappa shape index (κ2) is 4.14. The fraction of sp³-hybridized carbons (Fsp3) is 0. The summed E-state index contributed by atoms with van der Waals surface area (Å²) < 4.78 is 0. The van der Waals surface area contributed by atoms with Gasteiger partial charge >= 0.3 is 0 Å². The number of rotatable bonds is 0. The van der Waals surface area contributed by atoms with Crippen molar-refractivity contribution in [2.24, 2.45) is 0 Å². The molecule has 0 radical (unpaired) electrons. The van der Waals surface area contributed by atoms with Crippen molar-refractivity contribution in [2.45, 2.75) is 0 Å². The fourth-order valence-corrected chi connectivity index (χ4v) is 0.401. The van der Waals surface area contributed by atoms with E-state index in [9.17, 15) is 4.79 Å². The molecule has 50 valence electrons. The van der Waals surface area contributed by atoms with Gasteiger partial charge in [0.15, 0.2) is 0 Å². The van der Waals surface area contributed by atoms with E-state index in [1.165, 1.54) is 6.08 Å². The van der Waals surface area contributed by atoms with Gasteiger partial charge < -0.3 is 5.43 Å². The highest BCUT2D eigenvalue weighted by Crippen LogP contribution is 1.77. The monoisotopic (exact) mass is 190 g/mol. The van der Waals surface area contributed by atoms with Crippen molar-refractivity contribution in [3.8, 4) is 0 Å². The average Bonchev–Trinajstić information content (AvgIpc) is 1.94. The fourth-order valence-electron chi connectivity index (χ4n) is 0.401. The van der Waals surface area contributed by atoms with Crippen LogP contribution in [0.15, 0.2) is 24.4 Å². The van der Waals surface area contributed by atoms with Gasteiger partial charge in [-0.2, -0.15) is 0 Å². The molecule has 0 bridgehead atoms. The van der Waals surface area contributed by atoms with E-state index in [0.29, 0.717) is 0 Å². The summed E-state index contributed by atoms with van der Waals surface area (Å²) in [5.74, 6) is -0.130. The lowest BCUT2D eigenvalue weighted by atomic mass is 10.5. The van der Waals surface area contributed by atoms with Crippen LogP contribution in [0.5, 0.6) is 0 Å². The van der Waals surface area contributed by atoms with Gasteiger partial charge in [0.25, 0.3) is 5.91 Å². The highest BCUT2D eigenvalue weighted by atomic mass is 79.9. The van der Waals surface area contributed by atoms with Gasteiger partial charge in [0, 0.05) is 12.3 Å². The zero-order valence-electron chi connectivity index (χ0n) is 4.63. The lowest BCUT2D eigenvalue weighted by molar-refractivity contribution is -0.117. The third-order valence-electron chi connectivity index (χ3n) is 0.734. The Morgan fingerprint density at radius 2 is 2.11 bits per heavy atom. The summed E-state index contributed by atoms with van der Waals surface area (Å²) in [5.41, 5.74) is 4.94. The molecule has 0 atom stereocenters.